The van der Waals surface area contributed by atoms with E-state index in [-0.39, 0.29) is 17.9 Å². The highest BCUT2D eigenvalue weighted by Crippen LogP contribution is 2.17. The summed E-state index contributed by atoms with van der Waals surface area (Å²) in [6, 6.07) is 15.4. The van der Waals surface area contributed by atoms with Crippen molar-refractivity contribution >= 4 is 17.5 Å². The van der Waals surface area contributed by atoms with E-state index in [1.165, 1.54) is 5.56 Å². The van der Waals surface area contributed by atoms with Crippen LogP contribution in [0.4, 0.5) is 5.69 Å². The molecular weight excluding hydrogens is 352 g/mol. The molecule has 3 rings (SSSR count). The Balaban J connectivity index is 1.54. The maximum Gasteiger partial charge on any atom is 0.253 e. The molecule has 2 aromatic carbocycles. The topological polar surface area (TPSA) is 67.4 Å². The number of benzene rings is 2. The zero-order chi connectivity index (χ0) is 19.8. The summed E-state index contributed by atoms with van der Waals surface area (Å²) in [7, 11) is 0. The maximum atomic E-state index is 12.5. The van der Waals surface area contributed by atoms with Gasteiger partial charge in [-0.1, -0.05) is 43.3 Å². The lowest BCUT2D eigenvalue weighted by Crippen LogP contribution is -2.32. The fourth-order valence-corrected chi connectivity index (χ4v) is 3.31. The summed E-state index contributed by atoms with van der Waals surface area (Å²) in [5.41, 5.74) is 3.44. The summed E-state index contributed by atoms with van der Waals surface area (Å²) in [5.74, 6) is -0.291. The van der Waals surface area contributed by atoms with E-state index in [9.17, 15) is 9.59 Å². The first-order valence-electron chi connectivity index (χ1n) is 10.0. The molecule has 148 valence electrons. The van der Waals surface area contributed by atoms with Gasteiger partial charge in [0.2, 0.25) is 5.91 Å². The first-order valence-corrected chi connectivity index (χ1v) is 10.0. The van der Waals surface area contributed by atoms with E-state index in [0.717, 1.165) is 31.4 Å². The molecule has 5 nitrogen and oxygen atoms in total. The number of amides is 2. The van der Waals surface area contributed by atoms with Gasteiger partial charge in [0.05, 0.1) is 17.4 Å². The van der Waals surface area contributed by atoms with E-state index in [1.807, 2.05) is 6.07 Å². The first kappa shape index (κ1) is 20.1. The Morgan fingerprint density at radius 1 is 1.07 bits per heavy atom. The lowest BCUT2D eigenvalue weighted by Gasteiger charge is -2.14. The van der Waals surface area contributed by atoms with Crippen LogP contribution >= 0.6 is 0 Å². The van der Waals surface area contributed by atoms with Crippen LogP contribution < -0.4 is 10.6 Å². The molecule has 0 aliphatic carbocycles. The zero-order valence-corrected chi connectivity index (χ0v) is 16.4. The molecule has 2 N–H and O–H groups in total. The van der Waals surface area contributed by atoms with Crippen molar-refractivity contribution in [3.05, 3.63) is 65.2 Å². The summed E-state index contributed by atoms with van der Waals surface area (Å²) >= 11 is 0. The number of nitrogens with one attached hydrogen (secondary N) is 2. The van der Waals surface area contributed by atoms with Crippen molar-refractivity contribution in [1.82, 2.24) is 5.32 Å². The van der Waals surface area contributed by atoms with Gasteiger partial charge < -0.3 is 15.4 Å². The molecule has 2 amide bonds. The molecule has 0 saturated carbocycles. The third kappa shape index (κ3) is 5.67. The Bertz CT molecular complexity index is 796. The van der Waals surface area contributed by atoms with Gasteiger partial charge in [-0.3, -0.25) is 9.59 Å². The maximum absolute atomic E-state index is 12.5. The van der Waals surface area contributed by atoms with Crippen LogP contribution in [0.1, 0.15) is 47.7 Å². The van der Waals surface area contributed by atoms with Crippen molar-refractivity contribution in [2.45, 2.75) is 45.1 Å². The van der Waals surface area contributed by atoms with Gasteiger partial charge in [-0.05, 0) is 48.9 Å². The standard InChI is InChI=1S/C23H28N2O3/c1-2-17-9-11-18(12-10-17)13-14-22(26)25-21-8-4-3-7-20(21)23(27)24-16-19-6-5-15-28-19/h3-4,7-12,19H,2,5-6,13-16H2,1H3,(H,24,27)(H,25,26)/t19-/m0/s1. The van der Waals surface area contributed by atoms with Gasteiger partial charge in [0.25, 0.3) is 5.91 Å². The second-order valence-corrected chi connectivity index (χ2v) is 7.11. The molecule has 0 spiro atoms. The van der Waals surface area contributed by atoms with Crippen molar-refractivity contribution in [3.8, 4) is 0 Å². The van der Waals surface area contributed by atoms with Gasteiger partial charge >= 0.3 is 0 Å². The molecule has 2 aromatic rings. The predicted octanol–water partition coefficient (Wildman–Crippen LogP) is 3.73. The molecule has 1 atom stereocenters. The van der Waals surface area contributed by atoms with Gasteiger partial charge in [-0.2, -0.15) is 0 Å². The van der Waals surface area contributed by atoms with Crippen molar-refractivity contribution in [2.75, 3.05) is 18.5 Å². The highest BCUT2D eigenvalue weighted by atomic mass is 16.5. The van der Waals surface area contributed by atoms with Crippen LogP contribution in [-0.2, 0) is 22.4 Å². The second kappa shape index (κ2) is 10.0. The van der Waals surface area contributed by atoms with Gasteiger partial charge in [0.15, 0.2) is 0 Å². The molecule has 0 radical (unpaired) electrons. The average molecular weight is 380 g/mol. The van der Waals surface area contributed by atoms with E-state index in [0.29, 0.717) is 30.6 Å². The molecule has 0 aromatic heterocycles. The monoisotopic (exact) mass is 380 g/mol. The molecule has 1 aliphatic rings. The summed E-state index contributed by atoms with van der Waals surface area (Å²) in [4.78, 5) is 24.9. The van der Waals surface area contributed by atoms with Crippen molar-refractivity contribution in [2.24, 2.45) is 0 Å². The van der Waals surface area contributed by atoms with Crippen LogP contribution in [0.25, 0.3) is 0 Å². The van der Waals surface area contributed by atoms with E-state index in [2.05, 4.69) is 41.8 Å². The smallest absolute Gasteiger partial charge is 0.253 e. The van der Waals surface area contributed by atoms with Crippen molar-refractivity contribution in [1.29, 1.82) is 0 Å². The Morgan fingerprint density at radius 3 is 2.54 bits per heavy atom. The molecular formula is C23H28N2O3. The van der Waals surface area contributed by atoms with Crippen LogP contribution in [0.3, 0.4) is 0 Å². The number of hydrogen-bond acceptors (Lipinski definition) is 3. The highest BCUT2D eigenvalue weighted by Gasteiger charge is 2.18. The summed E-state index contributed by atoms with van der Waals surface area (Å²) in [5, 5.41) is 5.79. The number of ether oxygens (including phenoxy) is 1. The van der Waals surface area contributed by atoms with E-state index in [1.54, 1.807) is 18.2 Å². The van der Waals surface area contributed by atoms with Crippen LogP contribution in [0, 0.1) is 0 Å². The third-order valence-corrected chi connectivity index (χ3v) is 5.03. The quantitative estimate of drug-likeness (QED) is 0.733. The molecule has 0 bridgehead atoms. The minimum Gasteiger partial charge on any atom is -0.376 e. The van der Waals surface area contributed by atoms with Crippen LogP contribution in [0.2, 0.25) is 0 Å². The van der Waals surface area contributed by atoms with Crippen molar-refractivity contribution < 1.29 is 14.3 Å². The molecule has 28 heavy (non-hydrogen) atoms. The number of carbonyl (C=O) groups is 2. The Hall–Kier alpha value is -2.66. The highest BCUT2D eigenvalue weighted by molar-refractivity contribution is 6.03. The molecule has 5 heteroatoms. The zero-order valence-electron chi connectivity index (χ0n) is 16.4. The molecule has 1 fully saturated rings. The Labute approximate surface area is 166 Å². The Morgan fingerprint density at radius 2 is 1.82 bits per heavy atom. The number of hydrogen-bond donors (Lipinski definition) is 2. The molecule has 0 unspecified atom stereocenters. The van der Waals surface area contributed by atoms with Crippen LogP contribution in [-0.4, -0.2) is 31.1 Å². The van der Waals surface area contributed by atoms with E-state index < -0.39 is 0 Å². The lowest BCUT2D eigenvalue weighted by atomic mass is 10.1. The molecule has 1 saturated heterocycles. The summed E-state index contributed by atoms with van der Waals surface area (Å²) < 4.78 is 5.54. The number of anilines is 1. The normalized spacial score (nSPS) is 16.0. The van der Waals surface area contributed by atoms with Crippen molar-refractivity contribution in [3.63, 3.8) is 0 Å². The second-order valence-electron chi connectivity index (χ2n) is 7.11. The number of rotatable bonds is 8. The minimum absolute atomic E-state index is 0.0878. The molecule has 1 aliphatic heterocycles. The van der Waals surface area contributed by atoms with E-state index in [4.69, 9.17) is 4.74 Å². The van der Waals surface area contributed by atoms with Gasteiger partial charge in [-0.15, -0.1) is 0 Å². The number of carbonyl (C=O) groups excluding carboxylic acids is 2. The van der Waals surface area contributed by atoms with Crippen LogP contribution in [0.15, 0.2) is 48.5 Å². The first-order chi connectivity index (χ1) is 13.7. The van der Waals surface area contributed by atoms with E-state index >= 15 is 0 Å². The minimum atomic E-state index is -0.193. The van der Waals surface area contributed by atoms with Gasteiger partial charge in [0.1, 0.15) is 0 Å². The SMILES string of the molecule is CCc1ccc(CCC(=O)Nc2ccccc2C(=O)NC[C@@H]2CCCO2)cc1. The Kier molecular flexibility index (Phi) is 7.20. The molecule has 1 heterocycles. The lowest BCUT2D eigenvalue weighted by molar-refractivity contribution is -0.116. The largest absolute Gasteiger partial charge is 0.376 e. The fourth-order valence-electron chi connectivity index (χ4n) is 3.31. The summed E-state index contributed by atoms with van der Waals surface area (Å²) in [6.45, 7) is 3.38. The predicted molar refractivity (Wildman–Crippen MR) is 111 cm³/mol. The van der Waals surface area contributed by atoms with Gasteiger partial charge in [0, 0.05) is 19.6 Å². The summed E-state index contributed by atoms with van der Waals surface area (Å²) in [6.07, 6.45) is 4.14. The third-order valence-electron chi connectivity index (χ3n) is 5.03. The van der Waals surface area contributed by atoms with Crippen LogP contribution in [0.5, 0.6) is 0 Å². The van der Waals surface area contributed by atoms with Gasteiger partial charge in [-0.25, -0.2) is 0 Å². The number of para-hydroxylation sites is 1. The average Bonchev–Trinajstić information content (AvgIpc) is 3.25. The fraction of sp³-hybridized carbons (Fsp3) is 0.391. The number of aryl methyl sites for hydroxylation is 2.